The van der Waals surface area contributed by atoms with E-state index in [1.807, 2.05) is 6.08 Å². The first kappa shape index (κ1) is 9.47. The molecule has 1 aromatic carbocycles. The van der Waals surface area contributed by atoms with Gasteiger partial charge in [-0.05, 0) is 30.9 Å². The van der Waals surface area contributed by atoms with Crippen LogP contribution in [0.1, 0.15) is 30.0 Å². The molecule has 2 atom stereocenters. The van der Waals surface area contributed by atoms with Crippen LogP contribution in [0.5, 0.6) is 0 Å². The summed E-state index contributed by atoms with van der Waals surface area (Å²) in [6.45, 7) is 6.01. The highest BCUT2D eigenvalue weighted by atomic mass is 15.0. The van der Waals surface area contributed by atoms with Crippen LogP contribution in [0, 0.1) is 6.92 Å². The number of rotatable bonds is 2. The van der Waals surface area contributed by atoms with Crippen molar-refractivity contribution in [3.05, 3.63) is 48.0 Å². The number of hydrogen-bond donors (Lipinski definition) is 1. The Morgan fingerprint density at radius 3 is 2.79 bits per heavy atom. The predicted octanol–water partition coefficient (Wildman–Crippen LogP) is 2.97. The van der Waals surface area contributed by atoms with Gasteiger partial charge in [0.25, 0.3) is 0 Å². The zero-order chi connectivity index (χ0) is 9.97. The molecule has 0 saturated carbocycles. The predicted molar refractivity (Wildman–Crippen MR) is 60.3 cm³/mol. The lowest BCUT2D eigenvalue weighted by atomic mass is 10.0. The molecule has 74 valence electrons. The fourth-order valence-corrected chi connectivity index (χ4v) is 2.18. The molecule has 1 N–H and O–H groups in total. The summed E-state index contributed by atoms with van der Waals surface area (Å²) in [5.41, 5.74) is 2.83. The Hall–Kier alpha value is -1.08. The largest absolute Gasteiger partial charge is 0.304 e. The molecule has 1 aliphatic rings. The maximum Gasteiger partial charge on any atom is 0.0328 e. The number of nitrogens with one attached hydrogen (secondary N) is 1. The van der Waals surface area contributed by atoms with E-state index in [0.29, 0.717) is 12.1 Å². The molecule has 0 amide bonds. The quantitative estimate of drug-likeness (QED) is 0.702. The lowest BCUT2D eigenvalue weighted by Gasteiger charge is -2.14. The topological polar surface area (TPSA) is 12.0 Å². The Kier molecular flexibility index (Phi) is 2.69. The first-order valence-corrected chi connectivity index (χ1v) is 5.25. The van der Waals surface area contributed by atoms with E-state index in [1.54, 1.807) is 0 Å². The minimum absolute atomic E-state index is 0.500. The Labute approximate surface area is 85.8 Å². The van der Waals surface area contributed by atoms with Gasteiger partial charge in [-0.15, -0.1) is 6.58 Å². The molecule has 1 aromatic rings. The van der Waals surface area contributed by atoms with Gasteiger partial charge in [0.1, 0.15) is 0 Å². The third-order valence-electron chi connectivity index (χ3n) is 3.03. The molecule has 1 aliphatic heterocycles. The van der Waals surface area contributed by atoms with E-state index in [2.05, 4.69) is 43.1 Å². The van der Waals surface area contributed by atoms with Crippen LogP contribution in [0.4, 0.5) is 0 Å². The molecule has 0 aromatic heterocycles. The third kappa shape index (κ3) is 1.73. The first-order valence-electron chi connectivity index (χ1n) is 5.25. The molecular weight excluding hydrogens is 170 g/mol. The molecule has 0 radical (unpaired) electrons. The minimum atomic E-state index is 0.500. The van der Waals surface area contributed by atoms with Gasteiger partial charge in [-0.1, -0.05) is 30.3 Å². The summed E-state index contributed by atoms with van der Waals surface area (Å²) in [5.74, 6) is 0. The van der Waals surface area contributed by atoms with Crippen molar-refractivity contribution in [1.29, 1.82) is 0 Å². The fourth-order valence-electron chi connectivity index (χ4n) is 2.18. The standard InChI is InChI=1S/C13H17N/c1-3-11-8-9-13(14-11)12-7-5-4-6-10(12)2/h3-7,11,13-14H,1,8-9H2,2H3/t11-,13-/m1/s1. The van der Waals surface area contributed by atoms with Crippen LogP contribution in [-0.4, -0.2) is 6.04 Å². The molecular formula is C13H17N. The zero-order valence-electron chi connectivity index (χ0n) is 8.66. The van der Waals surface area contributed by atoms with Crippen molar-refractivity contribution in [3.8, 4) is 0 Å². The van der Waals surface area contributed by atoms with E-state index in [4.69, 9.17) is 0 Å². The fraction of sp³-hybridized carbons (Fsp3) is 0.385. The smallest absolute Gasteiger partial charge is 0.0328 e. The van der Waals surface area contributed by atoms with Gasteiger partial charge in [0, 0.05) is 12.1 Å². The highest BCUT2D eigenvalue weighted by Crippen LogP contribution is 2.28. The first-order chi connectivity index (χ1) is 6.81. The Morgan fingerprint density at radius 2 is 2.14 bits per heavy atom. The Bertz CT molecular complexity index is 330. The van der Waals surface area contributed by atoms with Crippen LogP contribution in [0.15, 0.2) is 36.9 Å². The Balaban J connectivity index is 2.17. The number of aryl methyl sites for hydroxylation is 1. The van der Waals surface area contributed by atoms with E-state index >= 15 is 0 Å². The van der Waals surface area contributed by atoms with E-state index < -0.39 is 0 Å². The molecule has 1 heterocycles. The van der Waals surface area contributed by atoms with Crippen molar-refractivity contribution in [2.45, 2.75) is 31.8 Å². The molecule has 0 unspecified atom stereocenters. The second-order valence-electron chi connectivity index (χ2n) is 4.00. The van der Waals surface area contributed by atoms with E-state index in [0.717, 1.165) is 0 Å². The lowest BCUT2D eigenvalue weighted by molar-refractivity contribution is 0.610. The summed E-state index contributed by atoms with van der Waals surface area (Å²) < 4.78 is 0. The van der Waals surface area contributed by atoms with Crippen molar-refractivity contribution in [1.82, 2.24) is 5.32 Å². The van der Waals surface area contributed by atoms with Gasteiger partial charge in [-0.25, -0.2) is 0 Å². The molecule has 1 nitrogen and oxygen atoms in total. The molecule has 0 bridgehead atoms. The van der Waals surface area contributed by atoms with Gasteiger partial charge in [0.05, 0.1) is 0 Å². The number of hydrogen-bond acceptors (Lipinski definition) is 1. The average molecular weight is 187 g/mol. The maximum atomic E-state index is 3.83. The van der Waals surface area contributed by atoms with Gasteiger partial charge < -0.3 is 5.32 Å². The monoisotopic (exact) mass is 187 g/mol. The molecule has 0 aliphatic carbocycles. The molecule has 1 fully saturated rings. The van der Waals surface area contributed by atoms with Crippen LogP contribution < -0.4 is 5.32 Å². The molecule has 0 spiro atoms. The van der Waals surface area contributed by atoms with Crippen molar-refractivity contribution in [3.63, 3.8) is 0 Å². The number of benzene rings is 1. The molecule has 1 heteroatoms. The van der Waals surface area contributed by atoms with Crippen LogP contribution in [0.25, 0.3) is 0 Å². The van der Waals surface area contributed by atoms with E-state index in [1.165, 1.54) is 24.0 Å². The summed E-state index contributed by atoms with van der Waals surface area (Å²) in [5, 5.41) is 3.58. The van der Waals surface area contributed by atoms with Crippen molar-refractivity contribution < 1.29 is 0 Å². The van der Waals surface area contributed by atoms with Crippen LogP contribution in [0.3, 0.4) is 0 Å². The average Bonchev–Trinajstić information content (AvgIpc) is 2.67. The summed E-state index contributed by atoms with van der Waals surface area (Å²) in [6, 6.07) is 9.64. The maximum absolute atomic E-state index is 3.83. The lowest BCUT2D eigenvalue weighted by Crippen LogP contribution is -2.22. The van der Waals surface area contributed by atoms with Crippen LogP contribution >= 0.6 is 0 Å². The van der Waals surface area contributed by atoms with Gasteiger partial charge in [-0.3, -0.25) is 0 Å². The van der Waals surface area contributed by atoms with Crippen molar-refractivity contribution >= 4 is 0 Å². The van der Waals surface area contributed by atoms with Gasteiger partial charge in [0.15, 0.2) is 0 Å². The zero-order valence-corrected chi connectivity index (χ0v) is 8.66. The highest BCUT2D eigenvalue weighted by Gasteiger charge is 2.23. The van der Waals surface area contributed by atoms with Crippen molar-refractivity contribution in [2.75, 3.05) is 0 Å². The SMILES string of the molecule is C=C[C@@H]1CC[C@H](c2ccccc2C)N1. The van der Waals surface area contributed by atoms with Gasteiger partial charge in [-0.2, -0.15) is 0 Å². The second kappa shape index (κ2) is 3.97. The van der Waals surface area contributed by atoms with Crippen LogP contribution in [0.2, 0.25) is 0 Å². The summed E-state index contributed by atoms with van der Waals surface area (Å²) in [7, 11) is 0. The van der Waals surface area contributed by atoms with E-state index in [-0.39, 0.29) is 0 Å². The minimum Gasteiger partial charge on any atom is -0.304 e. The highest BCUT2D eigenvalue weighted by molar-refractivity contribution is 5.29. The molecule has 14 heavy (non-hydrogen) atoms. The second-order valence-corrected chi connectivity index (χ2v) is 4.00. The summed E-state index contributed by atoms with van der Waals surface area (Å²) in [4.78, 5) is 0. The van der Waals surface area contributed by atoms with Gasteiger partial charge in [0.2, 0.25) is 0 Å². The third-order valence-corrected chi connectivity index (χ3v) is 3.03. The Morgan fingerprint density at radius 1 is 1.36 bits per heavy atom. The summed E-state index contributed by atoms with van der Waals surface area (Å²) >= 11 is 0. The van der Waals surface area contributed by atoms with Crippen molar-refractivity contribution in [2.24, 2.45) is 0 Å². The normalized spacial score (nSPS) is 26.4. The van der Waals surface area contributed by atoms with E-state index in [9.17, 15) is 0 Å². The van der Waals surface area contributed by atoms with Crippen LogP contribution in [-0.2, 0) is 0 Å². The molecule has 1 saturated heterocycles. The summed E-state index contributed by atoms with van der Waals surface area (Å²) in [6.07, 6.45) is 4.45. The van der Waals surface area contributed by atoms with Gasteiger partial charge >= 0.3 is 0 Å². The molecule has 2 rings (SSSR count).